The van der Waals surface area contributed by atoms with E-state index in [4.69, 9.17) is 11.6 Å². The second-order valence-electron chi connectivity index (χ2n) is 4.85. The summed E-state index contributed by atoms with van der Waals surface area (Å²) < 4.78 is 0. The van der Waals surface area contributed by atoms with Gasteiger partial charge in [0.25, 0.3) is 0 Å². The molecule has 2 rings (SSSR count). The quantitative estimate of drug-likeness (QED) is 0.810. The third-order valence-corrected chi connectivity index (χ3v) is 4.09. The summed E-state index contributed by atoms with van der Waals surface area (Å²) in [6.07, 6.45) is 4.44. The molecule has 1 nitrogen and oxygen atoms in total. The van der Waals surface area contributed by atoms with Gasteiger partial charge in [-0.05, 0) is 61.0 Å². The summed E-state index contributed by atoms with van der Waals surface area (Å²) in [6.45, 7) is 12.5. The lowest BCUT2D eigenvalue weighted by Gasteiger charge is -2.29. The Hall–Kier alpha value is -0.790. The van der Waals surface area contributed by atoms with Crippen molar-refractivity contribution in [1.82, 2.24) is 5.32 Å². The van der Waals surface area contributed by atoms with Gasteiger partial charge in [0.1, 0.15) is 0 Å². The highest BCUT2D eigenvalue weighted by molar-refractivity contribution is 6.30. The first-order valence-electron chi connectivity index (χ1n) is 7.35. The molecule has 1 atom stereocenters. The molecule has 1 heterocycles. The molecule has 19 heavy (non-hydrogen) atoms. The van der Waals surface area contributed by atoms with Crippen molar-refractivity contribution in [3.63, 3.8) is 0 Å². The van der Waals surface area contributed by atoms with E-state index in [1.807, 2.05) is 32.1 Å². The van der Waals surface area contributed by atoms with Crippen LogP contribution in [0.5, 0.6) is 0 Å². The maximum absolute atomic E-state index is 6.03. The molecule has 1 aromatic carbocycles. The minimum absolute atomic E-state index is 0.586. The zero-order valence-corrected chi connectivity index (χ0v) is 13.1. The van der Waals surface area contributed by atoms with E-state index in [9.17, 15) is 0 Å². The topological polar surface area (TPSA) is 12.0 Å². The van der Waals surface area contributed by atoms with E-state index in [0.29, 0.717) is 5.92 Å². The van der Waals surface area contributed by atoms with E-state index in [2.05, 4.69) is 24.9 Å². The zero-order valence-electron chi connectivity index (χ0n) is 12.4. The van der Waals surface area contributed by atoms with Gasteiger partial charge in [0.05, 0.1) is 0 Å². The lowest BCUT2D eigenvalue weighted by atomic mass is 9.80. The molecule has 0 spiro atoms. The van der Waals surface area contributed by atoms with Crippen LogP contribution in [0.2, 0.25) is 5.02 Å². The van der Waals surface area contributed by atoms with Crippen LogP contribution in [0.15, 0.2) is 24.8 Å². The van der Waals surface area contributed by atoms with Gasteiger partial charge in [-0.1, -0.05) is 51.1 Å². The lowest BCUT2D eigenvalue weighted by Crippen LogP contribution is -2.30. The van der Waals surface area contributed by atoms with Crippen LogP contribution in [-0.2, 0) is 0 Å². The summed E-state index contributed by atoms with van der Waals surface area (Å²) >= 11 is 6.03. The maximum Gasteiger partial charge on any atom is 0.0412 e. The van der Waals surface area contributed by atoms with Gasteiger partial charge in [0.2, 0.25) is 0 Å². The Labute approximate surface area is 123 Å². The van der Waals surface area contributed by atoms with Crippen molar-refractivity contribution in [2.24, 2.45) is 5.92 Å². The van der Waals surface area contributed by atoms with Gasteiger partial charge in [-0.3, -0.25) is 0 Å². The molecule has 2 heteroatoms. The molecule has 1 aliphatic heterocycles. The van der Waals surface area contributed by atoms with Crippen molar-refractivity contribution in [2.45, 2.75) is 39.5 Å². The number of benzene rings is 1. The predicted molar refractivity (Wildman–Crippen MR) is 86.9 cm³/mol. The van der Waals surface area contributed by atoms with Gasteiger partial charge in [-0.15, -0.1) is 0 Å². The number of piperidine rings is 1. The smallest absolute Gasteiger partial charge is 0.0412 e. The van der Waals surface area contributed by atoms with Crippen LogP contribution in [0.3, 0.4) is 0 Å². The number of hydrogen-bond acceptors (Lipinski definition) is 1. The van der Waals surface area contributed by atoms with Gasteiger partial charge in [-0.2, -0.15) is 0 Å². The molecule has 0 radical (unpaired) electrons. The third-order valence-electron chi connectivity index (χ3n) is 3.85. The molecule has 0 saturated carbocycles. The third kappa shape index (κ3) is 4.36. The van der Waals surface area contributed by atoms with Gasteiger partial charge in [0.15, 0.2) is 0 Å². The minimum Gasteiger partial charge on any atom is -0.317 e. The fraction of sp³-hybridized carbons (Fsp3) is 0.529. The summed E-state index contributed by atoms with van der Waals surface area (Å²) in [5.41, 5.74) is 2.57. The van der Waals surface area contributed by atoms with Crippen LogP contribution in [0, 0.1) is 5.92 Å². The van der Waals surface area contributed by atoms with Crippen molar-refractivity contribution < 1.29 is 0 Å². The highest BCUT2D eigenvalue weighted by Crippen LogP contribution is 2.33. The zero-order chi connectivity index (χ0) is 14.3. The molecule has 0 bridgehead atoms. The SMILES string of the molecule is C=Cc1cc(Cl)ccc1C(C)C1CCNCC1.CC. The van der Waals surface area contributed by atoms with E-state index in [1.165, 1.54) is 24.0 Å². The van der Waals surface area contributed by atoms with Gasteiger partial charge in [0, 0.05) is 5.02 Å². The van der Waals surface area contributed by atoms with Gasteiger partial charge < -0.3 is 5.32 Å². The molecule has 0 amide bonds. The summed E-state index contributed by atoms with van der Waals surface area (Å²) in [6, 6.07) is 6.16. The van der Waals surface area contributed by atoms with E-state index >= 15 is 0 Å². The molecule has 1 saturated heterocycles. The predicted octanol–water partition coefficient (Wildman–Crippen LogP) is 5.11. The van der Waals surface area contributed by atoms with E-state index in [-0.39, 0.29) is 0 Å². The number of rotatable bonds is 3. The second-order valence-corrected chi connectivity index (χ2v) is 5.29. The molecule has 1 fully saturated rings. The van der Waals surface area contributed by atoms with Crippen molar-refractivity contribution in [3.8, 4) is 0 Å². The number of halogens is 1. The number of hydrogen-bond donors (Lipinski definition) is 1. The van der Waals surface area contributed by atoms with Crippen LogP contribution in [-0.4, -0.2) is 13.1 Å². The van der Waals surface area contributed by atoms with Crippen molar-refractivity contribution in [2.75, 3.05) is 13.1 Å². The lowest BCUT2D eigenvalue weighted by molar-refractivity contribution is 0.330. The largest absolute Gasteiger partial charge is 0.317 e. The van der Waals surface area contributed by atoms with E-state index in [1.54, 1.807) is 0 Å². The second kappa shape index (κ2) is 8.39. The molecular formula is C17H26ClN. The Morgan fingerprint density at radius 1 is 1.32 bits per heavy atom. The maximum atomic E-state index is 6.03. The van der Waals surface area contributed by atoms with Gasteiger partial charge >= 0.3 is 0 Å². The molecule has 106 valence electrons. The molecule has 1 unspecified atom stereocenters. The molecule has 1 aliphatic rings. The fourth-order valence-electron chi connectivity index (χ4n) is 2.74. The minimum atomic E-state index is 0.586. The fourth-order valence-corrected chi connectivity index (χ4v) is 2.92. The highest BCUT2D eigenvalue weighted by Gasteiger charge is 2.22. The summed E-state index contributed by atoms with van der Waals surface area (Å²) in [5, 5.41) is 4.21. The van der Waals surface area contributed by atoms with Gasteiger partial charge in [-0.25, -0.2) is 0 Å². The van der Waals surface area contributed by atoms with Crippen LogP contribution in [0.1, 0.15) is 50.7 Å². The molecular weight excluding hydrogens is 254 g/mol. The standard InChI is InChI=1S/C15H20ClN.C2H6/c1-3-12-10-14(16)4-5-15(12)11(2)13-6-8-17-9-7-13;1-2/h3-5,10-11,13,17H,1,6-9H2,2H3;1-2H3. The van der Waals surface area contributed by atoms with Crippen LogP contribution >= 0.6 is 11.6 Å². The summed E-state index contributed by atoms with van der Waals surface area (Å²) in [4.78, 5) is 0. The van der Waals surface area contributed by atoms with E-state index in [0.717, 1.165) is 24.0 Å². The monoisotopic (exact) mass is 279 g/mol. The Balaban J connectivity index is 0.000000861. The summed E-state index contributed by atoms with van der Waals surface area (Å²) in [5.74, 6) is 1.36. The molecule has 0 aromatic heterocycles. The average Bonchev–Trinajstić information content (AvgIpc) is 2.49. The highest BCUT2D eigenvalue weighted by atomic mass is 35.5. The average molecular weight is 280 g/mol. The van der Waals surface area contributed by atoms with E-state index < -0.39 is 0 Å². The first-order chi connectivity index (χ1) is 9.22. The van der Waals surface area contributed by atoms with Crippen LogP contribution in [0.4, 0.5) is 0 Å². The Bertz CT molecular complexity index is 394. The van der Waals surface area contributed by atoms with Crippen LogP contribution in [0.25, 0.3) is 6.08 Å². The Morgan fingerprint density at radius 3 is 2.53 bits per heavy atom. The number of nitrogens with one attached hydrogen (secondary N) is 1. The van der Waals surface area contributed by atoms with Crippen molar-refractivity contribution in [1.29, 1.82) is 0 Å². The molecule has 1 aromatic rings. The van der Waals surface area contributed by atoms with Crippen LogP contribution < -0.4 is 5.32 Å². The first-order valence-corrected chi connectivity index (χ1v) is 7.72. The summed E-state index contributed by atoms with van der Waals surface area (Å²) in [7, 11) is 0. The Kier molecular flexibility index (Phi) is 7.19. The van der Waals surface area contributed by atoms with Crippen molar-refractivity contribution in [3.05, 3.63) is 40.9 Å². The first kappa shape index (κ1) is 16.3. The Morgan fingerprint density at radius 2 is 1.95 bits per heavy atom. The normalized spacial score (nSPS) is 17.3. The van der Waals surface area contributed by atoms with Crippen molar-refractivity contribution >= 4 is 17.7 Å². The molecule has 0 aliphatic carbocycles. The molecule has 1 N–H and O–H groups in total.